The maximum atomic E-state index is 14.3. The van der Waals surface area contributed by atoms with Crippen LogP contribution in [0.15, 0.2) is 36.5 Å². The van der Waals surface area contributed by atoms with Gasteiger partial charge < -0.3 is 21.1 Å². The lowest BCUT2D eigenvalue weighted by molar-refractivity contribution is 0.0696. The number of rotatable bonds is 9. The van der Waals surface area contributed by atoms with E-state index in [1.807, 2.05) is 19.9 Å². The van der Waals surface area contributed by atoms with Gasteiger partial charge in [0.1, 0.15) is 34.3 Å². The Morgan fingerprint density at radius 1 is 1.15 bits per heavy atom. The summed E-state index contributed by atoms with van der Waals surface area (Å²) in [6.07, 6.45) is 5.17. The molecule has 1 saturated carbocycles. The van der Waals surface area contributed by atoms with Crippen LogP contribution in [0, 0.1) is 11.7 Å². The van der Waals surface area contributed by atoms with Crippen molar-refractivity contribution in [3.63, 3.8) is 0 Å². The molecule has 10 heteroatoms. The molecule has 206 valence electrons. The number of carbonyl (C=O) groups excluding carboxylic acids is 1. The lowest BCUT2D eigenvalue weighted by Gasteiger charge is -2.29. The Morgan fingerprint density at radius 2 is 1.95 bits per heavy atom. The molecule has 0 saturated heterocycles. The number of hydrogen-bond donors (Lipinski definition) is 4. The summed E-state index contributed by atoms with van der Waals surface area (Å²) in [4.78, 5) is 28.6. The van der Waals surface area contributed by atoms with Gasteiger partial charge in [0.15, 0.2) is 0 Å². The van der Waals surface area contributed by atoms with Crippen LogP contribution >= 0.6 is 0 Å². The number of amides is 1. The summed E-state index contributed by atoms with van der Waals surface area (Å²) in [6.45, 7) is 9.88. The Bertz CT molecular complexity index is 1370. The quantitative estimate of drug-likeness (QED) is 0.315. The minimum absolute atomic E-state index is 0.0930. The van der Waals surface area contributed by atoms with E-state index in [0.29, 0.717) is 5.95 Å². The maximum Gasteiger partial charge on any atom is 0.256 e. The van der Waals surface area contributed by atoms with E-state index in [2.05, 4.69) is 47.9 Å². The van der Waals surface area contributed by atoms with Gasteiger partial charge in [-0.2, -0.15) is 4.98 Å². The lowest BCUT2D eigenvalue weighted by atomic mass is 9.99. The summed E-state index contributed by atoms with van der Waals surface area (Å²) in [5, 5.41) is 19.4. The molecule has 0 unspecified atom stereocenters. The molecule has 2 aromatic heterocycles. The standard InChI is InChI=1S/C29H36FN7O2/c1-17(2)32-27(38)22-14-31-28(36-26(22)35-24-10-9-23(30)25(34-24)29(3,4)39)33-21-8-7-20-16-37(15-18-5-6-18)12-11-19(20)13-21/h7-10,13-14,17-18,39H,5-6,11-12,15-16H2,1-4H3,(H,32,38)(H2,31,33,34,35,36). The molecule has 4 N–H and O–H groups in total. The van der Waals surface area contributed by atoms with Crippen LogP contribution in [0.1, 0.15) is 67.7 Å². The van der Waals surface area contributed by atoms with Gasteiger partial charge in [0.05, 0.1) is 0 Å². The van der Waals surface area contributed by atoms with Crippen molar-refractivity contribution in [2.45, 2.75) is 65.1 Å². The summed E-state index contributed by atoms with van der Waals surface area (Å²) in [5.74, 6) is 0.646. The molecular formula is C29H36FN7O2. The summed E-state index contributed by atoms with van der Waals surface area (Å²) in [5.41, 5.74) is 2.14. The molecule has 1 aromatic carbocycles. The molecule has 0 spiro atoms. The first-order valence-electron chi connectivity index (χ1n) is 13.5. The SMILES string of the molecule is CC(C)NC(=O)c1cnc(Nc2ccc3c(c2)CCN(CC2CC2)C3)nc1Nc1ccc(F)c(C(C)(C)O)n1. The lowest BCUT2D eigenvalue weighted by Crippen LogP contribution is -2.32. The smallest absolute Gasteiger partial charge is 0.256 e. The van der Waals surface area contributed by atoms with E-state index >= 15 is 0 Å². The third-order valence-corrected chi connectivity index (χ3v) is 6.89. The normalized spacial score (nSPS) is 15.7. The molecule has 0 bridgehead atoms. The molecule has 1 aliphatic heterocycles. The number of nitrogens with one attached hydrogen (secondary N) is 3. The Hall–Kier alpha value is -3.63. The van der Waals surface area contributed by atoms with Crippen molar-refractivity contribution >= 4 is 29.2 Å². The predicted octanol–water partition coefficient (Wildman–Crippen LogP) is 4.63. The zero-order valence-corrected chi connectivity index (χ0v) is 22.9. The number of aliphatic hydroxyl groups is 1. The first-order valence-corrected chi connectivity index (χ1v) is 13.5. The van der Waals surface area contributed by atoms with Gasteiger partial charge in [-0.3, -0.25) is 9.69 Å². The highest BCUT2D eigenvalue weighted by atomic mass is 19.1. The van der Waals surface area contributed by atoms with Gasteiger partial charge in [-0.15, -0.1) is 0 Å². The van der Waals surface area contributed by atoms with Crippen LogP contribution in [0.2, 0.25) is 0 Å². The molecular weight excluding hydrogens is 497 g/mol. The zero-order chi connectivity index (χ0) is 27.7. The zero-order valence-electron chi connectivity index (χ0n) is 22.9. The molecule has 3 aromatic rings. The second-order valence-electron chi connectivity index (χ2n) is 11.3. The molecule has 0 atom stereocenters. The van der Waals surface area contributed by atoms with Gasteiger partial charge in [0, 0.05) is 37.6 Å². The van der Waals surface area contributed by atoms with Crippen LogP contribution in [0.5, 0.6) is 0 Å². The molecule has 39 heavy (non-hydrogen) atoms. The largest absolute Gasteiger partial charge is 0.384 e. The summed E-state index contributed by atoms with van der Waals surface area (Å²) < 4.78 is 14.3. The van der Waals surface area contributed by atoms with Crippen molar-refractivity contribution in [2.75, 3.05) is 23.7 Å². The number of anilines is 4. The predicted molar refractivity (Wildman–Crippen MR) is 149 cm³/mol. The van der Waals surface area contributed by atoms with Crippen LogP contribution in [0.4, 0.5) is 27.7 Å². The minimum atomic E-state index is -1.49. The highest BCUT2D eigenvalue weighted by Gasteiger charge is 2.27. The van der Waals surface area contributed by atoms with Crippen molar-refractivity contribution < 1.29 is 14.3 Å². The van der Waals surface area contributed by atoms with Gasteiger partial charge >= 0.3 is 0 Å². The number of carbonyl (C=O) groups is 1. The van der Waals surface area contributed by atoms with Gasteiger partial charge in [0.25, 0.3) is 5.91 Å². The van der Waals surface area contributed by atoms with Crippen molar-refractivity contribution in [2.24, 2.45) is 5.92 Å². The van der Waals surface area contributed by atoms with E-state index in [1.54, 1.807) is 0 Å². The van der Waals surface area contributed by atoms with E-state index < -0.39 is 11.4 Å². The number of halogens is 1. The molecule has 2 aliphatic rings. The van der Waals surface area contributed by atoms with Crippen LogP contribution in [-0.2, 0) is 18.6 Å². The van der Waals surface area contributed by atoms with Crippen LogP contribution in [-0.4, -0.2) is 50.0 Å². The fourth-order valence-corrected chi connectivity index (χ4v) is 4.75. The second-order valence-corrected chi connectivity index (χ2v) is 11.3. The number of nitrogens with zero attached hydrogens (tertiary/aromatic N) is 4. The molecule has 9 nitrogen and oxygen atoms in total. The molecule has 3 heterocycles. The average molecular weight is 534 g/mol. The number of fused-ring (bicyclic) bond motifs is 1. The number of hydrogen-bond acceptors (Lipinski definition) is 8. The van der Waals surface area contributed by atoms with E-state index in [-0.39, 0.29) is 34.8 Å². The topological polar surface area (TPSA) is 115 Å². The minimum Gasteiger partial charge on any atom is -0.384 e. The summed E-state index contributed by atoms with van der Waals surface area (Å²) in [6, 6.07) is 8.87. The Kier molecular flexibility index (Phi) is 7.51. The van der Waals surface area contributed by atoms with E-state index in [1.165, 1.54) is 62.7 Å². The number of benzene rings is 1. The monoisotopic (exact) mass is 533 g/mol. The van der Waals surface area contributed by atoms with Crippen molar-refractivity contribution in [3.05, 3.63) is 64.7 Å². The van der Waals surface area contributed by atoms with E-state index in [0.717, 1.165) is 31.1 Å². The average Bonchev–Trinajstić information content (AvgIpc) is 3.68. The number of pyridine rings is 1. The fraction of sp³-hybridized carbons (Fsp3) is 0.448. The molecule has 1 aliphatic carbocycles. The highest BCUT2D eigenvalue weighted by molar-refractivity contribution is 5.99. The summed E-state index contributed by atoms with van der Waals surface area (Å²) in [7, 11) is 0. The molecule has 1 amide bonds. The third kappa shape index (κ3) is 6.69. The van der Waals surface area contributed by atoms with Gasteiger partial charge in [0.2, 0.25) is 5.95 Å². The van der Waals surface area contributed by atoms with Crippen molar-refractivity contribution in [3.8, 4) is 0 Å². The molecule has 0 radical (unpaired) electrons. The Labute approximate surface area is 228 Å². The molecule has 5 rings (SSSR count). The molecule has 1 fully saturated rings. The first kappa shape index (κ1) is 27.0. The van der Waals surface area contributed by atoms with Crippen molar-refractivity contribution in [1.29, 1.82) is 0 Å². The second kappa shape index (κ2) is 10.9. The first-order chi connectivity index (χ1) is 18.5. The van der Waals surface area contributed by atoms with Gasteiger partial charge in [-0.05, 0) is 88.3 Å². The number of aromatic nitrogens is 3. The maximum absolute atomic E-state index is 14.3. The Morgan fingerprint density at radius 3 is 2.67 bits per heavy atom. The van der Waals surface area contributed by atoms with Crippen LogP contribution in [0.25, 0.3) is 0 Å². The fourth-order valence-electron chi connectivity index (χ4n) is 4.75. The van der Waals surface area contributed by atoms with E-state index in [9.17, 15) is 14.3 Å². The van der Waals surface area contributed by atoms with Gasteiger partial charge in [-0.1, -0.05) is 6.07 Å². The van der Waals surface area contributed by atoms with E-state index in [4.69, 9.17) is 0 Å². The van der Waals surface area contributed by atoms with Gasteiger partial charge in [-0.25, -0.2) is 14.4 Å². The Balaban J connectivity index is 1.39. The van der Waals surface area contributed by atoms with Crippen LogP contribution in [0.3, 0.4) is 0 Å². The third-order valence-electron chi connectivity index (χ3n) is 6.89. The van der Waals surface area contributed by atoms with Crippen LogP contribution < -0.4 is 16.0 Å². The summed E-state index contributed by atoms with van der Waals surface area (Å²) >= 11 is 0. The highest BCUT2D eigenvalue weighted by Crippen LogP contribution is 2.32. The van der Waals surface area contributed by atoms with Crippen molar-refractivity contribution in [1.82, 2.24) is 25.2 Å².